The number of amides is 1. The van der Waals surface area contributed by atoms with Gasteiger partial charge in [0.25, 0.3) is 11.6 Å². The monoisotopic (exact) mass is 449 g/mol. The Morgan fingerprint density at radius 3 is 2.18 bits per heavy atom. The molecule has 0 aromatic heterocycles. The van der Waals surface area contributed by atoms with Crippen LogP contribution in [0.3, 0.4) is 0 Å². The van der Waals surface area contributed by atoms with E-state index in [4.69, 9.17) is 9.47 Å². The number of carbonyl (C=O) groups excluding carboxylic acids is 1. The van der Waals surface area contributed by atoms with E-state index in [2.05, 4.69) is 15.9 Å². The Morgan fingerprint density at radius 1 is 1.07 bits per heavy atom. The first-order chi connectivity index (χ1) is 13.5. The van der Waals surface area contributed by atoms with E-state index in [1.165, 1.54) is 20.3 Å². The molecule has 1 amide bonds. The molecule has 2 aromatic carbocycles. The van der Waals surface area contributed by atoms with Gasteiger partial charge in [-0.05, 0) is 34.1 Å². The number of rotatable bonds is 5. The molecule has 0 bridgehead atoms. The second-order valence-electron chi connectivity index (χ2n) is 6.22. The van der Waals surface area contributed by atoms with E-state index >= 15 is 0 Å². The fourth-order valence-electron chi connectivity index (χ4n) is 3.21. The van der Waals surface area contributed by atoms with Crippen LogP contribution < -0.4 is 14.4 Å². The van der Waals surface area contributed by atoms with Crippen molar-refractivity contribution in [3.63, 3.8) is 0 Å². The molecule has 1 fully saturated rings. The third-order valence-electron chi connectivity index (χ3n) is 4.68. The summed E-state index contributed by atoms with van der Waals surface area (Å²) < 4.78 is 11.3. The van der Waals surface area contributed by atoms with Crippen LogP contribution in [0.25, 0.3) is 0 Å². The molecule has 1 aliphatic rings. The number of nitrogens with zero attached hydrogens (tertiary/aromatic N) is 3. The van der Waals surface area contributed by atoms with E-state index in [1.807, 2.05) is 4.90 Å². The summed E-state index contributed by atoms with van der Waals surface area (Å²) in [7, 11) is 3.05. The standard InChI is InChI=1S/C19H20BrN3O5/c1-27-16-11-13(12-17(28-2)18(16)20)19(24)22-9-7-21(8-10-22)14-5-3-4-6-15(14)23(25)26/h3-6,11-12H,7-10H2,1-2H3. The molecular weight excluding hydrogens is 430 g/mol. The lowest BCUT2D eigenvalue weighted by Crippen LogP contribution is -2.49. The zero-order chi connectivity index (χ0) is 20.3. The largest absolute Gasteiger partial charge is 0.495 e. The third kappa shape index (κ3) is 3.89. The van der Waals surface area contributed by atoms with Gasteiger partial charge < -0.3 is 19.3 Å². The minimum Gasteiger partial charge on any atom is -0.495 e. The Morgan fingerprint density at radius 2 is 1.64 bits per heavy atom. The molecule has 8 nitrogen and oxygen atoms in total. The lowest BCUT2D eigenvalue weighted by molar-refractivity contribution is -0.384. The summed E-state index contributed by atoms with van der Waals surface area (Å²) in [6, 6.07) is 10.00. The van der Waals surface area contributed by atoms with Gasteiger partial charge in [-0.15, -0.1) is 0 Å². The van der Waals surface area contributed by atoms with Crippen molar-refractivity contribution in [2.45, 2.75) is 0 Å². The summed E-state index contributed by atoms with van der Waals surface area (Å²) in [6.45, 7) is 1.96. The average Bonchev–Trinajstić information content (AvgIpc) is 2.73. The number of methoxy groups -OCH3 is 2. The molecule has 148 valence electrons. The van der Waals surface area contributed by atoms with E-state index < -0.39 is 0 Å². The molecule has 1 aliphatic heterocycles. The van der Waals surface area contributed by atoms with Crippen LogP contribution in [0.1, 0.15) is 10.4 Å². The first kappa shape index (κ1) is 19.9. The fraction of sp³-hybridized carbons (Fsp3) is 0.316. The zero-order valence-corrected chi connectivity index (χ0v) is 17.1. The van der Waals surface area contributed by atoms with Gasteiger partial charge in [-0.25, -0.2) is 0 Å². The van der Waals surface area contributed by atoms with Gasteiger partial charge in [-0.3, -0.25) is 14.9 Å². The van der Waals surface area contributed by atoms with Crippen molar-refractivity contribution in [2.24, 2.45) is 0 Å². The number of anilines is 1. The number of nitro groups is 1. The van der Waals surface area contributed by atoms with Crippen molar-refractivity contribution in [1.29, 1.82) is 0 Å². The van der Waals surface area contributed by atoms with E-state index in [0.29, 0.717) is 53.4 Å². The normalized spacial score (nSPS) is 14.0. The summed E-state index contributed by atoms with van der Waals surface area (Å²) in [4.78, 5) is 27.5. The van der Waals surface area contributed by atoms with Crippen LogP contribution in [-0.2, 0) is 0 Å². The van der Waals surface area contributed by atoms with Gasteiger partial charge in [0.1, 0.15) is 21.7 Å². The predicted molar refractivity (Wildman–Crippen MR) is 108 cm³/mol. The van der Waals surface area contributed by atoms with Gasteiger partial charge in [-0.1, -0.05) is 12.1 Å². The van der Waals surface area contributed by atoms with Crippen LogP contribution in [0.5, 0.6) is 11.5 Å². The SMILES string of the molecule is COc1cc(C(=O)N2CCN(c3ccccc3[N+](=O)[O-])CC2)cc(OC)c1Br. The van der Waals surface area contributed by atoms with Crippen molar-refractivity contribution in [2.75, 3.05) is 45.3 Å². The Bertz CT molecular complexity index is 872. The predicted octanol–water partition coefficient (Wildman–Crippen LogP) is 3.34. The summed E-state index contributed by atoms with van der Waals surface area (Å²) in [5.74, 6) is 0.897. The number of ether oxygens (including phenoxy) is 2. The van der Waals surface area contributed by atoms with Crippen molar-refractivity contribution < 1.29 is 19.2 Å². The molecule has 0 saturated carbocycles. The van der Waals surface area contributed by atoms with Gasteiger partial charge in [0.05, 0.1) is 19.1 Å². The number of benzene rings is 2. The molecule has 0 spiro atoms. The van der Waals surface area contributed by atoms with Gasteiger partial charge in [0.15, 0.2) is 0 Å². The van der Waals surface area contributed by atoms with Crippen LogP contribution in [0.15, 0.2) is 40.9 Å². The zero-order valence-electron chi connectivity index (χ0n) is 15.6. The van der Waals surface area contributed by atoms with Crippen LogP contribution in [0.4, 0.5) is 11.4 Å². The smallest absolute Gasteiger partial charge is 0.292 e. The molecule has 0 radical (unpaired) electrons. The van der Waals surface area contributed by atoms with Crippen molar-refractivity contribution in [3.8, 4) is 11.5 Å². The van der Waals surface area contributed by atoms with Crippen molar-refractivity contribution in [1.82, 2.24) is 4.90 Å². The van der Waals surface area contributed by atoms with E-state index in [9.17, 15) is 14.9 Å². The second kappa shape index (κ2) is 8.47. The minimum atomic E-state index is -0.382. The highest BCUT2D eigenvalue weighted by Crippen LogP contribution is 2.36. The maximum absolute atomic E-state index is 12.9. The maximum Gasteiger partial charge on any atom is 0.292 e. The highest BCUT2D eigenvalue weighted by atomic mass is 79.9. The average molecular weight is 450 g/mol. The number of hydrogen-bond donors (Lipinski definition) is 0. The molecule has 28 heavy (non-hydrogen) atoms. The molecule has 9 heteroatoms. The maximum atomic E-state index is 12.9. The molecule has 0 atom stereocenters. The lowest BCUT2D eigenvalue weighted by Gasteiger charge is -2.36. The molecule has 0 unspecified atom stereocenters. The summed E-state index contributed by atoms with van der Waals surface area (Å²) >= 11 is 3.40. The molecule has 1 saturated heterocycles. The number of para-hydroxylation sites is 2. The van der Waals surface area contributed by atoms with E-state index in [-0.39, 0.29) is 16.5 Å². The van der Waals surface area contributed by atoms with Crippen LogP contribution in [0.2, 0.25) is 0 Å². The molecular formula is C19H20BrN3O5. The Labute approximate surface area is 170 Å². The number of piperazine rings is 1. The number of hydrogen-bond acceptors (Lipinski definition) is 6. The van der Waals surface area contributed by atoms with Crippen LogP contribution in [0, 0.1) is 10.1 Å². The highest BCUT2D eigenvalue weighted by molar-refractivity contribution is 9.10. The Balaban J connectivity index is 1.75. The summed E-state index contributed by atoms with van der Waals surface area (Å²) in [5, 5.41) is 11.3. The van der Waals surface area contributed by atoms with Gasteiger partial charge >= 0.3 is 0 Å². The fourth-order valence-corrected chi connectivity index (χ4v) is 3.76. The van der Waals surface area contributed by atoms with Crippen LogP contribution >= 0.6 is 15.9 Å². The van der Waals surface area contributed by atoms with Crippen molar-refractivity contribution in [3.05, 3.63) is 56.5 Å². The van der Waals surface area contributed by atoms with Crippen molar-refractivity contribution >= 4 is 33.2 Å². The third-order valence-corrected chi connectivity index (χ3v) is 5.46. The minimum absolute atomic E-state index is 0.0738. The summed E-state index contributed by atoms with van der Waals surface area (Å²) in [5.41, 5.74) is 1.12. The topological polar surface area (TPSA) is 85.2 Å². The number of nitro benzene ring substituents is 1. The summed E-state index contributed by atoms with van der Waals surface area (Å²) in [6.07, 6.45) is 0. The molecule has 2 aromatic rings. The van der Waals surface area contributed by atoms with Gasteiger partial charge in [0, 0.05) is 37.8 Å². The first-order valence-electron chi connectivity index (χ1n) is 8.65. The number of halogens is 1. The quantitative estimate of drug-likeness (QED) is 0.513. The van der Waals surface area contributed by atoms with E-state index in [0.717, 1.165) is 0 Å². The number of carbonyl (C=O) groups is 1. The first-order valence-corrected chi connectivity index (χ1v) is 9.44. The molecule has 0 N–H and O–H groups in total. The molecule has 1 heterocycles. The highest BCUT2D eigenvalue weighted by Gasteiger charge is 2.27. The van der Waals surface area contributed by atoms with Gasteiger partial charge in [0.2, 0.25) is 0 Å². The lowest BCUT2D eigenvalue weighted by atomic mass is 10.1. The van der Waals surface area contributed by atoms with E-state index in [1.54, 1.807) is 35.2 Å². The molecule has 0 aliphatic carbocycles. The second-order valence-corrected chi connectivity index (χ2v) is 7.01. The Hall–Kier alpha value is -2.81. The van der Waals surface area contributed by atoms with Crippen LogP contribution in [-0.4, -0.2) is 56.1 Å². The Kier molecular flexibility index (Phi) is 6.03. The molecule has 3 rings (SSSR count). The van der Waals surface area contributed by atoms with Gasteiger partial charge in [-0.2, -0.15) is 0 Å².